The number of carbonyl (C=O) groups is 1. The highest BCUT2D eigenvalue weighted by Gasteiger charge is 2.20. The van der Waals surface area contributed by atoms with Crippen molar-refractivity contribution in [1.82, 2.24) is 0 Å². The van der Waals surface area contributed by atoms with Crippen molar-refractivity contribution in [3.63, 3.8) is 0 Å². The molecule has 0 N–H and O–H groups in total. The van der Waals surface area contributed by atoms with Crippen molar-refractivity contribution in [3.8, 4) is 11.5 Å². The molecule has 0 amide bonds. The lowest BCUT2D eigenvalue weighted by atomic mass is 10.0. The largest absolute Gasteiger partial charge is 0.497 e. The van der Waals surface area contributed by atoms with Gasteiger partial charge in [0.15, 0.2) is 5.78 Å². The summed E-state index contributed by atoms with van der Waals surface area (Å²) in [6.45, 7) is 0. The Bertz CT molecular complexity index is 633. The number of rotatable bonds is 4. The smallest absolute Gasteiger partial charge is 0.199 e. The lowest BCUT2D eigenvalue weighted by molar-refractivity contribution is 0.103. The number of hydrogen-bond acceptors (Lipinski definition) is 3. The van der Waals surface area contributed by atoms with E-state index in [-0.39, 0.29) is 11.3 Å². The number of hydrogen-bond donors (Lipinski definition) is 0. The number of ether oxygens (including phenoxy) is 2. The van der Waals surface area contributed by atoms with Crippen LogP contribution >= 0.6 is 23.2 Å². The molecule has 0 spiro atoms. The van der Waals surface area contributed by atoms with E-state index >= 15 is 0 Å². The Labute approximate surface area is 127 Å². The second kappa shape index (κ2) is 6.16. The minimum absolute atomic E-state index is 0.252. The highest BCUT2D eigenvalue weighted by Crippen LogP contribution is 2.31. The molecule has 0 unspecified atom stereocenters. The van der Waals surface area contributed by atoms with Crippen LogP contribution in [0.2, 0.25) is 10.0 Å². The molecule has 0 saturated heterocycles. The SMILES string of the molecule is COc1ccc(OC)c(C(=O)c2c(Cl)cccc2Cl)c1. The van der Waals surface area contributed by atoms with E-state index in [2.05, 4.69) is 0 Å². The van der Waals surface area contributed by atoms with Gasteiger partial charge in [-0.05, 0) is 30.3 Å². The molecular weight excluding hydrogens is 299 g/mol. The van der Waals surface area contributed by atoms with Crippen molar-refractivity contribution in [2.45, 2.75) is 0 Å². The molecule has 0 aliphatic rings. The molecule has 0 aliphatic heterocycles. The van der Waals surface area contributed by atoms with Crippen molar-refractivity contribution in [2.75, 3.05) is 14.2 Å². The summed E-state index contributed by atoms with van der Waals surface area (Å²) in [5, 5.41) is 0.597. The van der Waals surface area contributed by atoms with E-state index in [1.165, 1.54) is 14.2 Å². The van der Waals surface area contributed by atoms with Crippen LogP contribution in [0.15, 0.2) is 36.4 Å². The first-order valence-electron chi connectivity index (χ1n) is 5.79. The van der Waals surface area contributed by atoms with Crippen LogP contribution in [0.25, 0.3) is 0 Å². The van der Waals surface area contributed by atoms with Crippen LogP contribution in [0.3, 0.4) is 0 Å². The first-order chi connectivity index (χ1) is 9.58. The lowest BCUT2D eigenvalue weighted by Crippen LogP contribution is -2.06. The normalized spacial score (nSPS) is 10.2. The summed E-state index contributed by atoms with van der Waals surface area (Å²) >= 11 is 12.1. The molecule has 5 heteroatoms. The molecule has 0 saturated carbocycles. The average Bonchev–Trinajstić information content (AvgIpc) is 2.46. The molecule has 0 radical (unpaired) electrons. The zero-order valence-electron chi connectivity index (χ0n) is 10.9. The summed E-state index contributed by atoms with van der Waals surface area (Å²) in [5.74, 6) is 0.681. The Morgan fingerprint density at radius 1 is 1.00 bits per heavy atom. The van der Waals surface area contributed by atoms with Crippen molar-refractivity contribution in [2.24, 2.45) is 0 Å². The molecule has 2 rings (SSSR count). The van der Waals surface area contributed by atoms with Gasteiger partial charge in [0.2, 0.25) is 0 Å². The number of halogens is 2. The zero-order chi connectivity index (χ0) is 14.7. The Balaban J connectivity index is 2.58. The molecule has 0 fully saturated rings. The molecule has 0 heterocycles. The van der Waals surface area contributed by atoms with Crippen LogP contribution < -0.4 is 9.47 Å². The Morgan fingerprint density at radius 2 is 1.65 bits per heavy atom. The van der Waals surface area contributed by atoms with Crippen LogP contribution in [0.4, 0.5) is 0 Å². The van der Waals surface area contributed by atoms with Crippen molar-refractivity contribution < 1.29 is 14.3 Å². The topological polar surface area (TPSA) is 35.5 Å². The minimum atomic E-state index is -0.309. The second-order valence-corrected chi connectivity index (χ2v) is 4.81. The Kier molecular flexibility index (Phi) is 4.53. The van der Waals surface area contributed by atoms with Gasteiger partial charge in [-0.15, -0.1) is 0 Å². The average molecular weight is 311 g/mol. The third-order valence-electron chi connectivity index (χ3n) is 2.84. The fourth-order valence-corrected chi connectivity index (χ4v) is 2.41. The van der Waals surface area contributed by atoms with Gasteiger partial charge in [0.05, 0.1) is 35.4 Å². The van der Waals surface area contributed by atoms with E-state index in [9.17, 15) is 4.79 Å². The predicted octanol–water partition coefficient (Wildman–Crippen LogP) is 4.24. The number of methoxy groups -OCH3 is 2. The molecule has 0 bridgehead atoms. The Morgan fingerprint density at radius 3 is 2.20 bits per heavy atom. The molecule has 0 aliphatic carbocycles. The fraction of sp³-hybridized carbons (Fsp3) is 0.133. The molecule has 0 aromatic heterocycles. The van der Waals surface area contributed by atoms with E-state index in [1.54, 1.807) is 36.4 Å². The van der Waals surface area contributed by atoms with Crippen LogP contribution in [-0.4, -0.2) is 20.0 Å². The number of carbonyl (C=O) groups excluding carboxylic acids is 1. The summed E-state index contributed by atoms with van der Waals surface area (Å²) < 4.78 is 10.3. The Hall–Kier alpha value is -1.71. The summed E-state index contributed by atoms with van der Waals surface area (Å²) in [6, 6.07) is 9.90. The molecular formula is C15H12Cl2O3. The van der Waals surface area contributed by atoms with Gasteiger partial charge >= 0.3 is 0 Å². The van der Waals surface area contributed by atoms with Crippen LogP contribution in [0, 0.1) is 0 Å². The maximum atomic E-state index is 12.6. The van der Waals surface area contributed by atoms with E-state index in [4.69, 9.17) is 32.7 Å². The van der Waals surface area contributed by atoms with E-state index in [0.717, 1.165) is 0 Å². The lowest BCUT2D eigenvalue weighted by Gasteiger charge is -2.11. The summed E-state index contributed by atoms with van der Waals surface area (Å²) in [5.41, 5.74) is 0.601. The molecule has 104 valence electrons. The van der Waals surface area contributed by atoms with Crippen molar-refractivity contribution in [1.29, 1.82) is 0 Å². The van der Waals surface area contributed by atoms with E-state index in [0.29, 0.717) is 27.1 Å². The number of ketones is 1. The van der Waals surface area contributed by atoms with Gasteiger partial charge in [-0.2, -0.15) is 0 Å². The third kappa shape index (κ3) is 2.74. The monoisotopic (exact) mass is 310 g/mol. The minimum Gasteiger partial charge on any atom is -0.497 e. The van der Waals surface area contributed by atoms with Gasteiger partial charge in [0, 0.05) is 0 Å². The van der Waals surface area contributed by atoms with Crippen LogP contribution in [-0.2, 0) is 0 Å². The predicted molar refractivity (Wildman–Crippen MR) is 79.4 cm³/mol. The van der Waals surface area contributed by atoms with Gasteiger partial charge in [0.25, 0.3) is 0 Å². The standard InChI is InChI=1S/C15H12Cl2O3/c1-19-9-6-7-13(20-2)10(8-9)15(18)14-11(16)4-3-5-12(14)17/h3-8H,1-2H3. The zero-order valence-corrected chi connectivity index (χ0v) is 12.5. The molecule has 2 aromatic rings. The van der Waals surface area contributed by atoms with Gasteiger partial charge in [-0.3, -0.25) is 4.79 Å². The third-order valence-corrected chi connectivity index (χ3v) is 3.47. The van der Waals surface area contributed by atoms with E-state index < -0.39 is 0 Å². The molecule has 0 atom stereocenters. The van der Waals surface area contributed by atoms with Gasteiger partial charge in [-0.25, -0.2) is 0 Å². The van der Waals surface area contributed by atoms with E-state index in [1.807, 2.05) is 0 Å². The summed E-state index contributed by atoms with van der Waals surface area (Å²) in [6.07, 6.45) is 0. The molecule has 2 aromatic carbocycles. The van der Waals surface area contributed by atoms with Crippen molar-refractivity contribution >= 4 is 29.0 Å². The van der Waals surface area contributed by atoms with Gasteiger partial charge in [-0.1, -0.05) is 29.3 Å². The second-order valence-electron chi connectivity index (χ2n) is 3.99. The number of benzene rings is 2. The maximum absolute atomic E-state index is 12.6. The first-order valence-corrected chi connectivity index (χ1v) is 6.54. The quantitative estimate of drug-likeness (QED) is 0.792. The maximum Gasteiger partial charge on any atom is 0.199 e. The van der Waals surface area contributed by atoms with Gasteiger partial charge in [0.1, 0.15) is 11.5 Å². The highest BCUT2D eigenvalue weighted by molar-refractivity contribution is 6.41. The van der Waals surface area contributed by atoms with Crippen molar-refractivity contribution in [3.05, 3.63) is 57.6 Å². The first kappa shape index (κ1) is 14.7. The summed E-state index contributed by atoms with van der Waals surface area (Å²) in [4.78, 5) is 12.6. The van der Waals surface area contributed by atoms with Crippen LogP contribution in [0.5, 0.6) is 11.5 Å². The summed E-state index contributed by atoms with van der Waals surface area (Å²) in [7, 11) is 3.02. The van der Waals surface area contributed by atoms with Crippen LogP contribution in [0.1, 0.15) is 15.9 Å². The van der Waals surface area contributed by atoms with Gasteiger partial charge < -0.3 is 9.47 Å². The molecule has 3 nitrogen and oxygen atoms in total. The fourth-order valence-electron chi connectivity index (χ4n) is 1.84. The molecule has 20 heavy (non-hydrogen) atoms. The highest BCUT2D eigenvalue weighted by atomic mass is 35.5.